The first-order valence-electron chi connectivity index (χ1n) is 4.82. The van der Waals surface area contributed by atoms with E-state index in [2.05, 4.69) is 21.2 Å². The van der Waals surface area contributed by atoms with Crippen LogP contribution in [-0.2, 0) is 6.54 Å². The quantitative estimate of drug-likeness (QED) is 0.885. The van der Waals surface area contributed by atoms with Crippen molar-refractivity contribution in [3.63, 3.8) is 0 Å². The van der Waals surface area contributed by atoms with Crippen LogP contribution < -0.4 is 5.32 Å². The molecule has 3 nitrogen and oxygen atoms in total. The van der Waals surface area contributed by atoms with Crippen LogP contribution in [-0.4, -0.2) is 17.0 Å². The van der Waals surface area contributed by atoms with Crippen LogP contribution in [0.25, 0.3) is 0 Å². The topological polar surface area (TPSA) is 34.0 Å². The fourth-order valence-electron chi connectivity index (χ4n) is 1.26. The predicted molar refractivity (Wildman–Crippen MR) is 60.4 cm³/mol. The average molecular weight is 259 g/mol. The molecule has 0 aromatic carbocycles. The molecule has 0 atom stereocenters. The van der Waals surface area contributed by atoms with Gasteiger partial charge in [-0.05, 0) is 35.3 Å². The van der Waals surface area contributed by atoms with E-state index in [-0.39, 0.29) is 5.91 Å². The number of aryl methyl sites for hydroxylation is 1. The van der Waals surface area contributed by atoms with Crippen LogP contribution in [0.5, 0.6) is 0 Å². The summed E-state index contributed by atoms with van der Waals surface area (Å²) < 4.78 is 2.87. The second-order valence-electron chi connectivity index (χ2n) is 3.09. The van der Waals surface area contributed by atoms with E-state index in [0.29, 0.717) is 5.69 Å². The lowest BCUT2D eigenvalue weighted by Crippen LogP contribution is -2.26. The Bertz CT molecular complexity index is 320. The van der Waals surface area contributed by atoms with Gasteiger partial charge >= 0.3 is 0 Å². The first-order valence-corrected chi connectivity index (χ1v) is 5.62. The number of halogens is 1. The molecule has 1 heterocycles. The molecule has 78 valence electrons. The zero-order valence-electron chi connectivity index (χ0n) is 8.51. The third-order valence-electron chi connectivity index (χ3n) is 1.97. The van der Waals surface area contributed by atoms with Crippen LogP contribution in [0.3, 0.4) is 0 Å². The number of nitrogens with zero attached hydrogens (tertiary/aromatic N) is 1. The Balaban J connectivity index is 2.77. The van der Waals surface area contributed by atoms with E-state index in [1.165, 1.54) is 0 Å². The second-order valence-corrected chi connectivity index (χ2v) is 4.00. The van der Waals surface area contributed by atoms with Gasteiger partial charge in [0.2, 0.25) is 0 Å². The van der Waals surface area contributed by atoms with Crippen LogP contribution in [0.15, 0.2) is 16.7 Å². The summed E-state index contributed by atoms with van der Waals surface area (Å²) >= 11 is 3.36. The molecule has 1 rings (SSSR count). The van der Waals surface area contributed by atoms with Gasteiger partial charge in [0.05, 0.1) is 0 Å². The molecule has 0 unspecified atom stereocenters. The van der Waals surface area contributed by atoms with Gasteiger partial charge in [0.15, 0.2) is 0 Å². The first-order chi connectivity index (χ1) is 6.69. The molecule has 0 aliphatic rings. The van der Waals surface area contributed by atoms with E-state index < -0.39 is 0 Å². The highest BCUT2D eigenvalue weighted by Gasteiger charge is 2.10. The summed E-state index contributed by atoms with van der Waals surface area (Å²) in [5.41, 5.74) is 0.716. The van der Waals surface area contributed by atoms with Gasteiger partial charge in [-0.1, -0.05) is 6.92 Å². The number of aromatic nitrogens is 1. The zero-order valence-corrected chi connectivity index (χ0v) is 10.1. The maximum absolute atomic E-state index is 11.6. The van der Waals surface area contributed by atoms with Crippen LogP contribution in [0, 0.1) is 0 Å². The molecule has 0 aliphatic carbocycles. The standard InChI is InChI=1S/C10H15BrN2O/c1-3-5-12-10(14)9-6-8(11)7-13(9)4-2/h6-7H,3-5H2,1-2H3,(H,12,14). The lowest BCUT2D eigenvalue weighted by molar-refractivity contribution is 0.0944. The van der Waals surface area contributed by atoms with Crippen LogP contribution >= 0.6 is 15.9 Å². The zero-order chi connectivity index (χ0) is 10.6. The molecule has 0 radical (unpaired) electrons. The van der Waals surface area contributed by atoms with Crippen molar-refractivity contribution in [2.75, 3.05) is 6.54 Å². The van der Waals surface area contributed by atoms with Crippen molar-refractivity contribution in [1.82, 2.24) is 9.88 Å². The third kappa shape index (κ3) is 2.61. The summed E-state index contributed by atoms with van der Waals surface area (Å²) in [6.45, 7) is 5.59. The Hall–Kier alpha value is -0.770. The van der Waals surface area contributed by atoms with Gasteiger partial charge in [-0.2, -0.15) is 0 Å². The summed E-state index contributed by atoms with van der Waals surface area (Å²) in [6, 6.07) is 1.84. The highest BCUT2D eigenvalue weighted by Crippen LogP contribution is 2.14. The summed E-state index contributed by atoms with van der Waals surface area (Å²) in [5, 5.41) is 2.86. The summed E-state index contributed by atoms with van der Waals surface area (Å²) in [7, 11) is 0. The van der Waals surface area contributed by atoms with E-state index in [0.717, 1.165) is 24.0 Å². The van der Waals surface area contributed by atoms with E-state index in [1.54, 1.807) is 0 Å². The summed E-state index contributed by atoms with van der Waals surface area (Å²) in [4.78, 5) is 11.6. The van der Waals surface area contributed by atoms with Crippen molar-refractivity contribution < 1.29 is 4.79 Å². The van der Waals surface area contributed by atoms with Gasteiger partial charge in [0.1, 0.15) is 5.69 Å². The van der Waals surface area contributed by atoms with E-state index in [1.807, 2.05) is 30.7 Å². The molecule has 1 aromatic rings. The lowest BCUT2D eigenvalue weighted by atomic mass is 10.4. The van der Waals surface area contributed by atoms with Crippen molar-refractivity contribution in [2.45, 2.75) is 26.8 Å². The molecule has 0 spiro atoms. The molecule has 0 saturated heterocycles. The molecule has 1 amide bonds. The normalized spacial score (nSPS) is 10.2. The number of rotatable bonds is 4. The van der Waals surface area contributed by atoms with Gasteiger partial charge < -0.3 is 9.88 Å². The van der Waals surface area contributed by atoms with Crippen molar-refractivity contribution in [3.8, 4) is 0 Å². The summed E-state index contributed by atoms with van der Waals surface area (Å²) in [6.07, 6.45) is 2.88. The minimum Gasteiger partial charge on any atom is -0.351 e. The SMILES string of the molecule is CCCNC(=O)c1cc(Br)cn1CC. The van der Waals surface area contributed by atoms with Crippen LogP contribution in [0.4, 0.5) is 0 Å². The largest absolute Gasteiger partial charge is 0.351 e. The maximum Gasteiger partial charge on any atom is 0.267 e. The van der Waals surface area contributed by atoms with Crippen molar-refractivity contribution in [1.29, 1.82) is 0 Å². The molecule has 0 saturated carbocycles. The smallest absolute Gasteiger partial charge is 0.267 e. The predicted octanol–water partition coefficient (Wildman–Crippen LogP) is 2.41. The summed E-state index contributed by atoms with van der Waals surface area (Å²) in [5.74, 6) is -0.000556. The molecule has 0 bridgehead atoms. The number of amides is 1. The van der Waals surface area contributed by atoms with Gasteiger partial charge in [-0.3, -0.25) is 4.79 Å². The van der Waals surface area contributed by atoms with Crippen LogP contribution in [0.1, 0.15) is 30.8 Å². The monoisotopic (exact) mass is 258 g/mol. The van der Waals surface area contributed by atoms with Crippen molar-refractivity contribution in [3.05, 3.63) is 22.4 Å². The second kappa shape index (κ2) is 5.20. The Morgan fingerprint density at radius 1 is 1.57 bits per heavy atom. The third-order valence-corrected chi connectivity index (χ3v) is 2.41. The molecular formula is C10H15BrN2O. The van der Waals surface area contributed by atoms with Crippen molar-refractivity contribution in [2.24, 2.45) is 0 Å². The minimum absolute atomic E-state index is 0.000556. The molecular weight excluding hydrogens is 244 g/mol. The Kier molecular flexibility index (Phi) is 4.20. The molecule has 4 heteroatoms. The fraction of sp³-hybridized carbons (Fsp3) is 0.500. The number of carbonyl (C=O) groups excluding carboxylic acids is 1. The van der Waals surface area contributed by atoms with E-state index in [4.69, 9.17) is 0 Å². The minimum atomic E-state index is -0.000556. The Labute approximate surface area is 92.6 Å². The molecule has 1 aromatic heterocycles. The molecule has 14 heavy (non-hydrogen) atoms. The van der Waals surface area contributed by atoms with Gasteiger partial charge in [-0.25, -0.2) is 0 Å². The number of hydrogen-bond acceptors (Lipinski definition) is 1. The van der Waals surface area contributed by atoms with E-state index >= 15 is 0 Å². The van der Waals surface area contributed by atoms with Crippen LogP contribution in [0.2, 0.25) is 0 Å². The van der Waals surface area contributed by atoms with E-state index in [9.17, 15) is 4.79 Å². The first kappa shape index (κ1) is 11.3. The molecule has 0 aliphatic heterocycles. The lowest BCUT2D eigenvalue weighted by Gasteiger charge is -2.06. The van der Waals surface area contributed by atoms with Gasteiger partial charge in [-0.15, -0.1) is 0 Å². The fourth-order valence-corrected chi connectivity index (χ4v) is 1.72. The average Bonchev–Trinajstić information content (AvgIpc) is 2.56. The van der Waals surface area contributed by atoms with Gasteiger partial charge in [0.25, 0.3) is 5.91 Å². The van der Waals surface area contributed by atoms with Crippen molar-refractivity contribution >= 4 is 21.8 Å². The number of hydrogen-bond donors (Lipinski definition) is 1. The Morgan fingerprint density at radius 3 is 2.86 bits per heavy atom. The number of carbonyl (C=O) groups is 1. The Morgan fingerprint density at radius 2 is 2.29 bits per heavy atom. The maximum atomic E-state index is 11.6. The van der Waals surface area contributed by atoms with Gasteiger partial charge in [0, 0.05) is 23.8 Å². The highest BCUT2D eigenvalue weighted by molar-refractivity contribution is 9.10. The number of nitrogens with one attached hydrogen (secondary N) is 1. The molecule has 1 N–H and O–H groups in total. The highest BCUT2D eigenvalue weighted by atomic mass is 79.9. The molecule has 0 fully saturated rings.